The number of thiazole rings is 1. The summed E-state index contributed by atoms with van der Waals surface area (Å²) in [5.41, 5.74) is 0.635. The molecule has 0 fully saturated rings. The van der Waals surface area contributed by atoms with Gasteiger partial charge in [0.1, 0.15) is 9.88 Å². The van der Waals surface area contributed by atoms with Crippen molar-refractivity contribution in [1.29, 1.82) is 5.26 Å². The Bertz CT molecular complexity index is 411. The molecule has 1 N–H and O–H groups in total. The first-order chi connectivity index (χ1) is 8.49. The molecule has 3 nitrogen and oxygen atoms in total. The molecule has 0 aromatic carbocycles. The highest BCUT2D eigenvalue weighted by molar-refractivity contribution is 8.01. The third-order valence-electron chi connectivity index (χ3n) is 2.61. The van der Waals surface area contributed by atoms with Crippen LogP contribution in [-0.4, -0.2) is 22.3 Å². The van der Waals surface area contributed by atoms with E-state index in [1.165, 1.54) is 0 Å². The molecule has 0 spiro atoms. The second-order valence-electron chi connectivity index (χ2n) is 4.76. The molecule has 2 atom stereocenters. The van der Waals surface area contributed by atoms with Gasteiger partial charge in [-0.05, 0) is 33.2 Å². The van der Waals surface area contributed by atoms with Crippen molar-refractivity contribution in [2.45, 2.75) is 55.7 Å². The van der Waals surface area contributed by atoms with Crippen LogP contribution in [0.15, 0.2) is 9.72 Å². The van der Waals surface area contributed by atoms with E-state index >= 15 is 0 Å². The Kier molecular flexibility index (Phi) is 6.13. The molecular weight excluding hydrogens is 262 g/mol. The smallest absolute Gasteiger partial charge is 0.150 e. The van der Waals surface area contributed by atoms with E-state index in [-0.39, 0.29) is 0 Å². The summed E-state index contributed by atoms with van der Waals surface area (Å²) in [6.07, 6.45) is 1.87. The highest BCUT2D eigenvalue weighted by atomic mass is 32.2. The summed E-state index contributed by atoms with van der Waals surface area (Å²) in [6.45, 7) is 9.14. The average molecular weight is 283 g/mol. The van der Waals surface area contributed by atoms with Gasteiger partial charge in [0, 0.05) is 16.3 Å². The Morgan fingerprint density at radius 2 is 2.39 bits per heavy atom. The van der Waals surface area contributed by atoms with Gasteiger partial charge in [0.15, 0.2) is 0 Å². The minimum absolute atomic E-state index is 0.379. The van der Waals surface area contributed by atoms with Crippen LogP contribution in [0.25, 0.3) is 0 Å². The van der Waals surface area contributed by atoms with Gasteiger partial charge in [0.05, 0.1) is 6.07 Å². The minimum atomic E-state index is -0.436. The monoisotopic (exact) mass is 283 g/mol. The summed E-state index contributed by atoms with van der Waals surface area (Å²) in [4.78, 5) is 4.45. The molecule has 5 heteroatoms. The summed E-state index contributed by atoms with van der Waals surface area (Å²) in [5.74, 6) is 0. The van der Waals surface area contributed by atoms with Crippen molar-refractivity contribution in [3.8, 4) is 6.07 Å². The lowest BCUT2D eigenvalue weighted by Gasteiger charge is -2.25. The predicted molar refractivity (Wildman–Crippen MR) is 79.1 cm³/mol. The van der Waals surface area contributed by atoms with E-state index in [9.17, 15) is 5.26 Å². The van der Waals surface area contributed by atoms with Crippen LogP contribution >= 0.6 is 23.1 Å². The van der Waals surface area contributed by atoms with Crippen LogP contribution in [-0.2, 0) is 0 Å². The van der Waals surface area contributed by atoms with E-state index in [0.717, 1.165) is 29.4 Å². The second-order valence-corrected chi connectivity index (χ2v) is 7.30. The summed E-state index contributed by atoms with van der Waals surface area (Å²) in [5, 5.41) is 15.1. The predicted octanol–water partition coefficient (Wildman–Crippen LogP) is 3.60. The maximum absolute atomic E-state index is 9.30. The lowest BCUT2D eigenvalue weighted by Crippen LogP contribution is -2.43. The van der Waals surface area contributed by atoms with Gasteiger partial charge in [-0.15, -0.1) is 11.3 Å². The Morgan fingerprint density at radius 1 is 1.67 bits per heavy atom. The minimum Gasteiger partial charge on any atom is -0.300 e. The molecule has 0 saturated heterocycles. The lowest BCUT2D eigenvalue weighted by atomic mass is 9.98. The summed E-state index contributed by atoms with van der Waals surface area (Å²) < 4.78 is 1.09. The molecule has 2 unspecified atom stereocenters. The number of nitrogens with one attached hydrogen (secondary N) is 1. The van der Waals surface area contributed by atoms with Crippen LogP contribution in [0.2, 0.25) is 0 Å². The Balaban J connectivity index is 2.52. The van der Waals surface area contributed by atoms with Gasteiger partial charge < -0.3 is 0 Å². The molecule has 0 saturated carbocycles. The fourth-order valence-corrected chi connectivity index (χ4v) is 4.07. The first kappa shape index (κ1) is 15.5. The van der Waals surface area contributed by atoms with Gasteiger partial charge in [0.2, 0.25) is 0 Å². The summed E-state index contributed by atoms with van der Waals surface area (Å²) in [6, 6.07) is 2.39. The molecule has 0 aliphatic heterocycles. The van der Waals surface area contributed by atoms with E-state index in [0.29, 0.717) is 5.25 Å². The van der Waals surface area contributed by atoms with Gasteiger partial charge >= 0.3 is 0 Å². The van der Waals surface area contributed by atoms with Crippen LogP contribution in [0.5, 0.6) is 0 Å². The third-order valence-corrected chi connectivity index (χ3v) is 4.80. The molecule has 1 heterocycles. The standard InChI is InChI=1S/C13H21N3S2/c1-5-6-15-13(4,9-14)7-11(3)18-12-16-10(2)8-17-12/h8,11,15H,5-7H2,1-4H3. The topological polar surface area (TPSA) is 48.7 Å². The van der Waals surface area contributed by atoms with Gasteiger partial charge in [0.25, 0.3) is 0 Å². The molecule has 0 aliphatic rings. The zero-order chi connectivity index (χ0) is 13.6. The first-order valence-electron chi connectivity index (χ1n) is 6.24. The van der Waals surface area contributed by atoms with Crippen molar-refractivity contribution < 1.29 is 0 Å². The maximum atomic E-state index is 9.30. The van der Waals surface area contributed by atoms with E-state index < -0.39 is 5.54 Å². The molecule has 0 amide bonds. The molecule has 0 aliphatic carbocycles. The van der Waals surface area contributed by atoms with Crippen molar-refractivity contribution in [3.63, 3.8) is 0 Å². The zero-order valence-corrected chi connectivity index (χ0v) is 13.1. The van der Waals surface area contributed by atoms with Crippen molar-refractivity contribution in [2.75, 3.05) is 6.54 Å². The average Bonchev–Trinajstić information content (AvgIpc) is 2.72. The number of hydrogen-bond acceptors (Lipinski definition) is 5. The fraction of sp³-hybridized carbons (Fsp3) is 0.692. The largest absolute Gasteiger partial charge is 0.300 e. The summed E-state index contributed by atoms with van der Waals surface area (Å²) >= 11 is 3.43. The van der Waals surface area contributed by atoms with Crippen LogP contribution in [0.4, 0.5) is 0 Å². The number of nitrogens with zero attached hydrogens (tertiary/aromatic N) is 2. The highest BCUT2D eigenvalue weighted by Gasteiger charge is 2.26. The normalized spacial score (nSPS) is 15.9. The summed E-state index contributed by atoms with van der Waals surface area (Å²) in [7, 11) is 0. The molecule has 1 aromatic heterocycles. The first-order valence-corrected chi connectivity index (χ1v) is 8.00. The van der Waals surface area contributed by atoms with Crippen molar-refractivity contribution in [3.05, 3.63) is 11.1 Å². The third kappa shape index (κ3) is 4.97. The van der Waals surface area contributed by atoms with Crippen molar-refractivity contribution in [1.82, 2.24) is 10.3 Å². The number of aromatic nitrogens is 1. The highest BCUT2D eigenvalue weighted by Crippen LogP contribution is 2.30. The second kappa shape index (κ2) is 7.13. The van der Waals surface area contributed by atoms with Crippen LogP contribution in [0.3, 0.4) is 0 Å². The number of rotatable bonds is 7. The molecule has 0 bridgehead atoms. The van der Waals surface area contributed by atoms with E-state index in [1.54, 1.807) is 23.1 Å². The van der Waals surface area contributed by atoms with Gasteiger partial charge in [-0.1, -0.05) is 25.6 Å². The SMILES string of the molecule is CCCNC(C)(C#N)CC(C)Sc1nc(C)cs1. The van der Waals surface area contributed by atoms with Crippen molar-refractivity contribution >= 4 is 23.1 Å². The van der Waals surface area contributed by atoms with Crippen LogP contribution in [0.1, 0.15) is 39.3 Å². The quantitative estimate of drug-likeness (QED) is 0.777. The van der Waals surface area contributed by atoms with Crippen LogP contribution in [0, 0.1) is 18.3 Å². The molecule has 1 aromatic rings. The van der Waals surface area contributed by atoms with Crippen LogP contribution < -0.4 is 5.32 Å². The number of hydrogen-bond donors (Lipinski definition) is 1. The van der Waals surface area contributed by atoms with E-state index in [4.69, 9.17) is 0 Å². The number of thioether (sulfide) groups is 1. The molecule has 100 valence electrons. The maximum Gasteiger partial charge on any atom is 0.150 e. The number of aryl methyl sites for hydroxylation is 1. The zero-order valence-electron chi connectivity index (χ0n) is 11.5. The van der Waals surface area contributed by atoms with E-state index in [2.05, 4.69) is 35.6 Å². The van der Waals surface area contributed by atoms with E-state index in [1.807, 2.05) is 13.8 Å². The molecule has 18 heavy (non-hydrogen) atoms. The fourth-order valence-electron chi connectivity index (χ4n) is 1.73. The molecule has 0 radical (unpaired) electrons. The molecule has 1 rings (SSSR count). The Labute approximate surface area is 118 Å². The Morgan fingerprint density at radius 3 is 2.89 bits per heavy atom. The van der Waals surface area contributed by atoms with Gasteiger partial charge in [-0.25, -0.2) is 4.98 Å². The molecular formula is C13H21N3S2. The lowest BCUT2D eigenvalue weighted by molar-refractivity contribution is 0.418. The Hall–Kier alpha value is -0.570. The van der Waals surface area contributed by atoms with Gasteiger partial charge in [-0.2, -0.15) is 5.26 Å². The van der Waals surface area contributed by atoms with Crippen molar-refractivity contribution in [2.24, 2.45) is 0 Å². The number of nitriles is 1. The van der Waals surface area contributed by atoms with Gasteiger partial charge in [-0.3, -0.25) is 5.32 Å².